The maximum Gasteiger partial charge on any atom is 0.410 e. The van der Waals surface area contributed by atoms with Crippen LogP contribution in [0.5, 0.6) is 0 Å². The second kappa shape index (κ2) is 8.48. The van der Waals surface area contributed by atoms with Gasteiger partial charge in [-0.3, -0.25) is 0 Å². The zero-order valence-corrected chi connectivity index (χ0v) is 16.3. The van der Waals surface area contributed by atoms with Gasteiger partial charge in [-0.25, -0.2) is 4.79 Å². The molecule has 1 unspecified atom stereocenters. The van der Waals surface area contributed by atoms with Crippen molar-refractivity contribution in [2.45, 2.75) is 25.5 Å². The van der Waals surface area contributed by atoms with Crippen molar-refractivity contribution in [1.82, 2.24) is 14.8 Å². The van der Waals surface area contributed by atoms with Crippen molar-refractivity contribution in [3.63, 3.8) is 0 Å². The Morgan fingerprint density at radius 2 is 1.82 bits per heavy atom. The number of H-pyrrole nitrogens is 1. The predicted octanol–water partition coefficient (Wildman–Crippen LogP) is 4.57. The van der Waals surface area contributed by atoms with Gasteiger partial charge in [0.05, 0.1) is 6.04 Å². The van der Waals surface area contributed by atoms with Crippen LogP contribution >= 0.6 is 0 Å². The second-order valence-corrected chi connectivity index (χ2v) is 7.46. The normalized spacial score (nSPS) is 15.6. The van der Waals surface area contributed by atoms with E-state index in [0.29, 0.717) is 0 Å². The minimum absolute atomic E-state index is 0.0578. The molecule has 0 saturated carbocycles. The molecule has 5 heteroatoms. The Morgan fingerprint density at radius 1 is 1.11 bits per heavy atom. The van der Waals surface area contributed by atoms with Crippen molar-refractivity contribution < 1.29 is 9.53 Å². The molecule has 1 amide bonds. The summed E-state index contributed by atoms with van der Waals surface area (Å²) < 4.78 is 5.60. The van der Waals surface area contributed by atoms with Gasteiger partial charge in [-0.15, -0.1) is 0 Å². The third-order valence-corrected chi connectivity index (χ3v) is 5.57. The van der Waals surface area contributed by atoms with Crippen LogP contribution in [0, 0.1) is 0 Å². The summed E-state index contributed by atoms with van der Waals surface area (Å²) in [6, 6.07) is 18.0. The molecule has 1 aliphatic heterocycles. The number of likely N-dealkylation sites (tertiary alicyclic amines) is 1. The number of likely N-dealkylation sites (N-methyl/N-ethyl adjacent to an activating group) is 1. The average molecular weight is 377 g/mol. The number of ether oxygens (including phenoxy) is 1. The summed E-state index contributed by atoms with van der Waals surface area (Å²) >= 11 is 0. The highest BCUT2D eigenvalue weighted by atomic mass is 16.6. The third kappa shape index (κ3) is 4.04. The first kappa shape index (κ1) is 18.6. The van der Waals surface area contributed by atoms with Crippen molar-refractivity contribution in [1.29, 1.82) is 0 Å². The number of hydrogen-bond acceptors (Lipinski definition) is 3. The minimum Gasteiger partial charge on any atom is -0.445 e. The lowest BCUT2D eigenvalue weighted by Gasteiger charge is -2.31. The highest BCUT2D eigenvalue weighted by Crippen LogP contribution is 2.30. The molecule has 2 heterocycles. The van der Waals surface area contributed by atoms with Gasteiger partial charge in [0, 0.05) is 36.3 Å². The van der Waals surface area contributed by atoms with Gasteiger partial charge in [-0.05, 0) is 37.6 Å². The van der Waals surface area contributed by atoms with E-state index in [2.05, 4.69) is 22.0 Å². The van der Waals surface area contributed by atoms with E-state index >= 15 is 0 Å². The summed E-state index contributed by atoms with van der Waals surface area (Å²) in [4.78, 5) is 20.4. The molecule has 146 valence electrons. The van der Waals surface area contributed by atoms with Crippen molar-refractivity contribution in [3.05, 3.63) is 71.9 Å². The number of nitrogens with one attached hydrogen (secondary N) is 1. The number of nitrogens with zero attached hydrogens (tertiary/aromatic N) is 2. The van der Waals surface area contributed by atoms with Gasteiger partial charge in [-0.2, -0.15) is 0 Å². The summed E-state index contributed by atoms with van der Waals surface area (Å²) in [6.07, 6.45) is 4.19. The lowest BCUT2D eigenvalue weighted by molar-refractivity contribution is 0.0836. The molecule has 1 atom stereocenters. The summed E-state index contributed by atoms with van der Waals surface area (Å²) in [5, 5.41) is 1.16. The lowest BCUT2D eigenvalue weighted by atomic mass is 10.0. The van der Waals surface area contributed by atoms with Crippen LogP contribution in [0.4, 0.5) is 4.79 Å². The second-order valence-electron chi connectivity index (χ2n) is 7.46. The Hall–Kier alpha value is -2.79. The van der Waals surface area contributed by atoms with E-state index in [-0.39, 0.29) is 18.7 Å². The topological polar surface area (TPSA) is 48.6 Å². The average Bonchev–Trinajstić information content (AvgIpc) is 3.40. The lowest BCUT2D eigenvalue weighted by Crippen LogP contribution is -2.38. The molecule has 0 aliphatic carbocycles. The van der Waals surface area contributed by atoms with E-state index in [9.17, 15) is 4.79 Å². The number of hydrogen-bond donors (Lipinski definition) is 1. The molecule has 28 heavy (non-hydrogen) atoms. The molecular formula is C23H27N3O2. The largest absolute Gasteiger partial charge is 0.445 e. The molecule has 0 bridgehead atoms. The number of aromatic amines is 1. The molecule has 2 aromatic carbocycles. The summed E-state index contributed by atoms with van der Waals surface area (Å²) in [5.74, 6) is 0. The number of carbonyl (C=O) groups is 1. The van der Waals surface area contributed by atoms with E-state index in [4.69, 9.17) is 4.74 Å². The third-order valence-electron chi connectivity index (χ3n) is 5.57. The van der Waals surface area contributed by atoms with Crippen molar-refractivity contribution in [2.24, 2.45) is 0 Å². The molecular weight excluding hydrogens is 350 g/mol. The molecule has 5 nitrogen and oxygen atoms in total. The maximum atomic E-state index is 12.8. The Balaban J connectivity index is 1.54. The summed E-state index contributed by atoms with van der Waals surface area (Å²) in [7, 11) is 1.84. The monoisotopic (exact) mass is 377 g/mol. The van der Waals surface area contributed by atoms with Gasteiger partial charge < -0.3 is 19.5 Å². The van der Waals surface area contributed by atoms with Gasteiger partial charge in [-0.1, -0.05) is 48.5 Å². The van der Waals surface area contributed by atoms with Crippen LogP contribution < -0.4 is 0 Å². The first-order valence-electron chi connectivity index (χ1n) is 9.94. The fourth-order valence-electron chi connectivity index (χ4n) is 3.96. The van der Waals surface area contributed by atoms with Gasteiger partial charge in [0.15, 0.2) is 0 Å². The van der Waals surface area contributed by atoms with Gasteiger partial charge in [0.1, 0.15) is 6.61 Å². The Bertz CT molecular complexity index is 916. The Labute approximate surface area is 165 Å². The first-order chi connectivity index (χ1) is 13.7. The number of aromatic nitrogens is 1. The highest BCUT2D eigenvalue weighted by molar-refractivity contribution is 5.84. The fraction of sp³-hybridized carbons (Fsp3) is 0.348. The van der Waals surface area contributed by atoms with Crippen LogP contribution in [0.3, 0.4) is 0 Å². The Morgan fingerprint density at radius 3 is 2.61 bits per heavy atom. The molecule has 1 saturated heterocycles. The van der Waals surface area contributed by atoms with Crippen LogP contribution in [-0.2, 0) is 11.3 Å². The van der Waals surface area contributed by atoms with E-state index in [1.165, 1.54) is 12.8 Å². The molecule has 4 rings (SSSR count). The Kier molecular flexibility index (Phi) is 5.63. The summed E-state index contributed by atoms with van der Waals surface area (Å²) in [5.41, 5.74) is 3.23. The molecule has 0 radical (unpaired) electrons. The SMILES string of the molecule is CN(C(=O)OCc1ccccc1)C(CN1CCCC1)c1c[nH]c2ccccc12. The predicted molar refractivity (Wildman–Crippen MR) is 111 cm³/mol. The number of carbonyl (C=O) groups excluding carboxylic acids is 1. The number of amides is 1. The van der Waals surface area contributed by atoms with Crippen molar-refractivity contribution >= 4 is 17.0 Å². The van der Waals surface area contributed by atoms with Crippen LogP contribution in [0.25, 0.3) is 10.9 Å². The van der Waals surface area contributed by atoms with Crippen LogP contribution in [-0.4, -0.2) is 47.6 Å². The number of benzene rings is 2. The minimum atomic E-state index is -0.293. The van der Waals surface area contributed by atoms with E-state index in [0.717, 1.165) is 41.7 Å². The van der Waals surface area contributed by atoms with E-state index in [1.54, 1.807) is 4.90 Å². The van der Waals surface area contributed by atoms with Crippen LogP contribution in [0.15, 0.2) is 60.8 Å². The maximum absolute atomic E-state index is 12.8. The standard InChI is InChI=1S/C23H27N3O2/c1-25(23(27)28-17-18-9-3-2-4-10-18)22(16-26-13-7-8-14-26)20-15-24-21-12-6-5-11-19(20)21/h2-6,9-12,15,22,24H,7-8,13-14,16-17H2,1H3. The quantitative estimate of drug-likeness (QED) is 0.684. The van der Waals surface area contributed by atoms with Crippen molar-refractivity contribution in [2.75, 3.05) is 26.7 Å². The highest BCUT2D eigenvalue weighted by Gasteiger charge is 2.28. The molecule has 1 aromatic heterocycles. The molecule has 1 aliphatic rings. The molecule has 1 fully saturated rings. The van der Waals surface area contributed by atoms with Crippen LogP contribution in [0.2, 0.25) is 0 Å². The van der Waals surface area contributed by atoms with Crippen molar-refractivity contribution in [3.8, 4) is 0 Å². The number of fused-ring (bicyclic) bond motifs is 1. The van der Waals surface area contributed by atoms with Gasteiger partial charge in [0.25, 0.3) is 0 Å². The van der Waals surface area contributed by atoms with Gasteiger partial charge in [0.2, 0.25) is 0 Å². The molecule has 0 spiro atoms. The zero-order valence-electron chi connectivity index (χ0n) is 16.3. The van der Waals surface area contributed by atoms with E-state index in [1.807, 2.05) is 55.7 Å². The zero-order chi connectivity index (χ0) is 19.3. The molecule has 1 N–H and O–H groups in total. The summed E-state index contributed by atoms with van der Waals surface area (Å²) in [6.45, 7) is 3.28. The fourth-order valence-corrected chi connectivity index (χ4v) is 3.96. The number of rotatable bonds is 6. The first-order valence-corrected chi connectivity index (χ1v) is 9.94. The smallest absolute Gasteiger partial charge is 0.410 e. The van der Waals surface area contributed by atoms with Gasteiger partial charge >= 0.3 is 6.09 Å². The van der Waals surface area contributed by atoms with Crippen LogP contribution in [0.1, 0.15) is 30.0 Å². The number of para-hydroxylation sites is 1. The molecule has 3 aromatic rings. The van der Waals surface area contributed by atoms with E-state index < -0.39 is 0 Å².